The summed E-state index contributed by atoms with van der Waals surface area (Å²) in [6, 6.07) is 0. The van der Waals surface area contributed by atoms with Crippen molar-refractivity contribution in [1.82, 2.24) is 9.97 Å². The Labute approximate surface area is 96.0 Å². The first kappa shape index (κ1) is 12.7. The number of hydrogen-bond donors (Lipinski definition) is 1. The third-order valence-electron chi connectivity index (χ3n) is 2.17. The predicted octanol–water partition coefficient (Wildman–Crippen LogP) is 1.60. The molecule has 90 valence electrons. The summed E-state index contributed by atoms with van der Waals surface area (Å²) in [6.45, 7) is 6.50. The number of hydrogen-bond acceptors (Lipinski definition) is 5. The Morgan fingerprint density at radius 1 is 1.31 bits per heavy atom. The lowest BCUT2D eigenvalue weighted by atomic mass is 10.1. The van der Waals surface area contributed by atoms with Gasteiger partial charge in [-0.3, -0.25) is 0 Å². The van der Waals surface area contributed by atoms with E-state index >= 15 is 0 Å². The van der Waals surface area contributed by atoms with Crippen LogP contribution in [0.2, 0.25) is 0 Å². The maximum atomic E-state index is 5.81. The molecule has 0 amide bonds. The lowest BCUT2D eigenvalue weighted by Gasteiger charge is -2.17. The number of nitrogens with two attached hydrogens (primary N) is 1. The van der Waals surface area contributed by atoms with Gasteiger partial charge >= 0.3 is 0 Å². The molecule has 1 atom stereocenters. The van der Waals surface area contributed by atoms with Crippen molar-refractivity contribution in [2.45, 2.75) is 32.8 Å². The van der Waals surface area contributed by atoms with Crippen molar-refractivity contribution in [3.63, 3.8) is 0 Å². The van der Waals surface area contributed by atoms with Gasteiger partial charge < -0.3 is 15.2 Å². The standard InChI is InChI=1S/C11H19N3O2/c1-7(2)9-10(12)13-6-14-11(9)16-8(3)5-15-4/h6-8H,5H2,1-4H3,(H2,12,13,14). The van der Waals surface area contributed by atoms with Gasteiger partial charge in [-0.15, -0.1) is 0 Å². The van der Waals surface area contributed by atoms with E-state index in [-0.39, 0.29) is 12.0 Å². The summed E-state index contributed by atoms with van der Waals surface area (Å²) in [4.78, 5) is 8.08. The Hall–Kier alpha value is -1.36. The minimum Gasteiger partial charge on any atom is -0.472 e. The molecule has 0 aliphatic carbocycles. The topological polar surface area (TPSA) is 70.3 Å². The highest BCUT2D eigenvalue weighted by Gasteiger charge is 2.16. The monoisotopic (exact) mass is 225 g/mol. The first-order chi connectivity index (χ1) is 7.56. The highest BCUT2D eigenvalue weighted by atomic mass is 16.5. The van der Waals surface area contributed by atoms with Gasteiger partial charge in [0.1, 0.15) is 18.2 Å². The van der Waals surface area contributed by atoms with E-state index in [1.54, 1.807) is 7.11 Å². The van der Waals surface area contributed by atoms with Crippen LogP contribution in [0.25, 0.3) is 0 Å². The second kappa shape index (κ2) is 5.65. The number of nitrogen functional groups attached to an aromatic ring is 1. The molecule has 0 aliphatic rings. The zero-order valence-electron chi connectivity index (χ0n) is 10.2. The van der Waals surface area contributed by atoms with Crippen molar-refractivity contribution >= 4 is 5.82 Å². The molecule has 1 rings (SSSR count). The highest BCUT2D eigenvalue weighted by molar-refractivity contribution is 5.46. The number of ether oxygens (including phenoxy) is 2. The molecule has 0 bridgehead atoms. The summed E-state index contributed by atoms with van der Waals surface area (Å²) >= 11 is 0. The number of rotatable bonds is 5. The molecule has 0 spiro atoms. The molecule has 1 unspecified atom stereocenters. The van der Waals surface area contributed by atoms with Gasteiger partial charge in [-0.25, -0.2) is 9.97 Å². The molecule has 0 saturated heterocycles. The van der Waals surface area contributed by atoms with Crippen LogP contribution >= 0.6 is 0 Å². The van der Waals surface area contributed by atoms with Gasteiger partial charge in [0.25, 0.3) is 0 Å². The maximum absolute atomic E-state index is 5.81. The van der Waals surface area contributed by atoms with Crippen molar-refractivity contribution in [1.29, 1.82) is 0 Å². The molecule has 0 aliphatic heterocycles. The fraction of sp³-hybridized carbons (Fsp3) is 0.636. The molecule has 1 heterocycles. The van der Waals surface area contributed by atoms with Crippen LogP contribution in [-0.2, 0) is 4.74 Å². The Morgan fingerprint density at radius 3 is 2.56 bits per heavy atom. The van der Waals surface area contributed by atoms with Gasteiger partial charge in [0.05, 0.1) is 12.2 Å². The fourth-order valence-electron chi connectivity index (χ4n) is 1.49. The van der Waals surface area contributed by atoms with Gasteiger partial charge in [0.2, 0.25) is 5.88 Å². The van der Waals surface area contributed by atoms with Crippen LogP contribution in [-0.4, -0.2) is 29.8 Å². The van der Waals surface area contributed by atoms with Crippen molar-refractivity contribution in [3.05, 3.63) is 11.9 Å². The van der Waals surface area contributed by atoms with Crippen LogP contribution < -0.4 is 10.5 Å². The zero-order valence-corrected chi connectivity index (χ0v) is 10.2. The molecule has 1 aromatic rings. The van der Waals surface area contributed by atoms with E-state index in [4.69, 9.17) is 15.2 Å². The normalized spacial score (nSPS) is 12.8. The van der Waals surface area contributed by atoms with Gasteiger partial charge in [-0.2, -0.15) is 0 Å². The number of anilines is 1. The first-order valence-corrected chi connectivity index (χ1v) is 5.32. The molecule has 0 fully saturated rings. The van der Waals surface area contributed by atoms with Crippen LogP contribution in [0.3, 0.4) is 0 Å². The molecule has 5 nitrogen and oxygen atoms in total. The molecule has 2 N–H and O–H groups in total. The molecule has 0 aromatic carbocycles. The Morgan fingerprint density at radius 2 is 2.00 bits per heavy atom. The van der Waals surface area contributed by atoms with Gasteiger partial charge in [0.15, 0.2) is 0 Å². The molecule has 1 aromatic heterocycles. The fourth-order valence-corrected chi connectivity index (χ4v) is 1.49. The second-order valence-electron chi connectivity index (χ2n) is 4.02. The molecule has 16 heavy (non-hydrogen) atoms. The van der Waals surface area contributed by atoms with Crippen LogP contribution in [0.4, 0.5) is 5.82 Å². The molecule has 0 saturated carbocycles. The number of aromatic nitrogens is 2. The Balaban J connectivity index is 2.90. The zero-order chi connectivity index (χ0) is 12.1. The Kier molecular flexibility index (Phi) is 4.49. The van der Waals surface area contributed by atoms with Gasteiger partial charge in [-0.1, -0.05) is 13.8 Å². The average molecular weight is 225 g/mol. The summed E-state index contributed by atoms with van der Waals surface area (Å²) < 4.78 is 10.7. The minimum absolute atomic E-state index is 0.0585. The van der Waals surface area contributed by atoms with E-state index in [1.165, 1.54) is 6.33 Å². The van der Waals surface area contributed by atoms with Gasteiger partial charge in [0, 0.05) is 7.11 Å². The summed E-state index contributed by atoms with van der Waals surface area (Å²) in [5, 5.41) is 0. The summed E-state index contributed by atoms with van der Waals surface area (Å²) in [5.74, 6) is 1.25. The summed E-state index contributed by atoms with van der Waals surface area (Å²) in [5.41, 5.74) is 6.66. The number of methoxy groups -OCH3 is 1. The number of nitrogens with zero attached hydrogens (tertiary/aromatic N) is 2. The molecular formula is C11H19N3O2. The maximum Gasteiger partial charge on any atom is 0.222 e. The predicted molar refractivity (Wildman–Crippen MR) is 62.5 cm³/mol. The molecular weight excluding hydrogens is 206 g/mol. The quantitative estimate of drug-likeness (QED) is 0.824. The van der Waals surface area contributed by atoms with Crippen LogP contribution in [0, 0.1) is 0 Å². The smallest absolute Gasteiger partial charge is 0.222 e. The highest BCUT2D eigenvalue weighted by Crippen LogP contribution is 2.28. The molecule has 0 radical (unpaired) electrons. The lowest BCUT2D eigenvalue weighted by molar-refractivity contribution is 0.0880. The van der Waals surface area contributed by atoms with E-state index in [0.29, 0.717) is 18.3 Å². The van der Waals surface area contributed by atoms with Crippen LogP contribution in [0.1, 0.15) is 32.3 Å². The van der Waals surface area contributed by atoms with Gasteiger partial charge in [-0.05, 0) is 12.8 Å². The largest absolute Gasteiger partial charge is 0.472 e. The van der Waals surface area contributed by atoms with E-state index in [1.807, 2.05) is 20.8 Å². The van der Waals surface area contributed by atoms with Crippen molar-refractivity contribution in [3.8, 4) is 5.88 Å². The summed E-state index contributed by atoms with van der Waals surface area (Å²) in [6.07, 6.45) is 1.35. The Bertz CT molecular complexity index is 342. The van der Waals surface area contributed by atoms with Crippen LogP contribution in [0.15, 0.2) is 6.33 Å². The molecule has 5 heteroatoms. The van der Waals surface area contributed by atoms with Crippen molar-refractivity contribution in [2.75, 3.05) is 19.5 Å². The third kappa shape index (κ3) is 3.06. The first-order valence-electron chi connectivity index (χ1n) is 5.32. The lowest BCUT2D eigenvalue weighted by Crippen LogP contribution is -2.20. The van der Waals surface area contributed by atoms with Crippen molar-refractivity contribution in [2.24, 2.45) is 0 Å². The summed E-state index contributed by atoms with van der Waals surface area (Å²) in [7, 11) is 1.64. The van der Waals surface area contributed by atoms with E-state index in [0.717, 1.165) is 5.56 Å². The second-order valence-corrected chi connectivity index (χ2v) is 4.02. The SMILES string of the molecule is COCC(C)Oc1ncnc(N)c1C(C)C. The van der Waals surface area contributed by atoms with Crippen LogP contribution in [0.5, 0.6) is 5.88 Å². The average Bonchev–Trinajstić information content (AvgIpc) is 2.17. The van der Waals surface area contributed by atoms with E-state index < -0.39 is 0 Å². The van der Waals surface area contributed by atoms with Crippen molar-refractivity contribution < 1.29 is 9.47 Å². The third-order valence-corrected chi connectivity index (χ3v) is 2.17. The minimum atomic E-state index is -0.0585. The van der Waals surface area contributed by atoms with E-state index in [9.17, 15) is 0 Å². The van der Waals surface area contributed by atoms with E-state index in [2.05, 4.69) is 9.97 Å².